The van der Waals surface area contributed by atoms with Crippen LogP contribution in [0.5, 0.6) is 5.75 Å². The highest BCUT2D eigenvalue weighted by Gasteiger charge is 2.24. The molecule has 0 spiro atoms. The summed E-state index contributed by atoms with van der Waals surface area (Å²) in [6.07, 6.45) is 4.76. The quantitative estimate of drug-likeness (QED) is 0.663. The molecule has 21 heavy (non-hydrogen) atoms. The van der Waals surface area contributed by atoms with Gasteiger partial charge in [0.1, 0.15) is 10.6 Å². The number of sulfonamides is 1. The highest BCUT2D eigenvalue weighted by atomic mass is 32.2. The lowest BCUT2D eigenvalue weighted by molar-refractivity contribution is -0.385. The van der Waals surface area contributed by atoms with Crippen molar-refractivity contribution in [3.8, 4) is 5.75 Å². The first-order valence-electron chi connectivity index (χ1n) is 6.82. The fourth-order valence-electron chi connectivity index (χ4n) is 2.40. The molecule has 0 amide bonds. The number of non-ortho nitro benzene ring substituents is 1. The van der Waals surface area contributed by atoms with E-state index in [0.717, 1.165) is 38.2 Å². The van der Waals surface area contributed by atoms with E-state index in [1.807, 2.05) is 0 Å². The summed E-state index contributed by atoms with van der Waals surface area (Å²) >= 11 is 0. The lowest BCUT2D eigenvalue weighted by Gasteiger charge is -2.24. The van der Waals surface area contributed by atoms with E-state index in [-0.39, 0.29) is 22.4 Å². The highest BCUT2D eigenvalue weighted by molar-refractivity contribution is 7.89. The number of ether oxygens (including phenoxy) is 1. The summed E-state index contributed by atoms with van der Waals surface area (Å²) in [5.74, 6) is 0.0467. The maximum atomic E-state index is 12.0. The zero-order valence-corrected chi connectivity index (χ0v) is 12.6. The maximum absolute atomic E-state index is 12.0. The lowest BCUT2D eigenvalue weighted by Crippen LogP contribution is -2.23. The number of nitro groups is 1. The van der Waals surface area contributed by atoms with Gasteiger partial charge in [-0.25, -0.2) is 13.1 Å². The minimum absolute atomic E-state index is 0.0467. The van der Waals surface area contributed by atoms with Gasteiger partial charge in [-0.1, -0.05) is 6.42 Å². The molecule has 1 N–H and O–H groups in total. The molecule has 0 unspecified atom stereocenters. The van der Waals surface area contributed by atoms with Crippen LogP contribution in [0, 0.1) is 10.1 Å². The number of benzene rings is 1. The molecule has 1 fully saturated rings. The lowest BCUT2D eigenvalue weighted by atomic mass is 9.98. The second kappa shape index (κ2) is 6.40. The molecule has 8 heteroatoms. The standard InChI is InChI=1S/C13H18N2O5S/c1-14-21(18,19)13-8-7-10(15(16)17)9-12(13)20-11-5-3-2-4-6-11/h7-9,11,14H,2-6H2,1H3. The van der Waals surface area contributed by atoms with Crippen molar-refractivity contribution in [1.29, 1.82) is 0 Å². The van der Waals surface area contributed by atoms with Gasteiger partial charge >= 0.3 is 0 Å². The number of hydrogen-bond acceptors (Lipinski definition) is 5. The molecule has 1 aliphatic carbocycles. The Morgan fingerprint density at radius 2 is 1.95 bits per heavy atom. The number of nitro benzene ring substituents is 1. The predicted molar refractivity (Wildman–Crippen MR) is 76.8 cm³/mol. The fraction of sp³-hybridized carbons (Fsp3) is 0.538. The third-order valence-corrected chi connectivity index (χ3v) is 5.00. The summed E-state index contributed by atoms with van der Waals surface area (Å²) in [7, 11) is -2.43. The molecule has 0 heterocycles. The van der Waals surface area contributed by atoms with Crippen molar-refractivity contribution < 1.29 is 18.1 Å². The van der Waals surface area contributed by atoms with Gasteiger partial charge in [-0.05, 0) is 38.8 Å². The van der Waals surface area contributed by atoms with Gasteiger partial charge in [-0.3, -0.25) is 10.1 Å². The van der Waals surface area contributed by atoms with Gasteiger partial charge in [-0.15, -0.1) is 0 Å². The molecule has 0 atom stereocenters. The Balaban J connectivity index is 2.38. The Hall–Kier alpha value is -1.67. The average Bonchev–Trinajstić information content (AvgIpc) is 2.48. The molecule has 1 aromatic carbocycles. The van der Waals surface area contributed by atoms with Crippen molar-refractivity contribution >= 4 is 15.7 Å². The second-order valence-corrected chi connectivity index (χ2v) is 6.83. The number of nitrogens with zero attached hydrogens (tertiary/aromatic N) is 1. The van der Waals surface area contributed by atoms with Crippen molar-refractivity contribution in [1.82, 2.24) is 4.72 Å². The van der Waals surface area contributed by atoms with E-state index in [2.05, 4.69) is 4.72 Å². The van der Waals surface area contributed by atoms with Crippen LogP contribution in [0.15, 0.2) is 23.1 Å². The Kier molecular flexibility index (Phi) is 4.79. The Bertz CT molecular complexity index is 623. The normalized spacial score (nSPS) is 16.6. The summed E-state index contributed by atoms with van der Waals surface area (Å²) in [6.45, 7) is 0. The summed E-state index contributed by atoms with van der Waals surface area (Å²) < 4.78 is 31.9. The summed E-state index contributed by atoms with van der Waals surface area (Å²) in [5, 5.41) is 10.9. The van der Waals surface area contributed by atoms with Crippen LogP contribution in [-0.4, -0.2) is 26.5 Å². The Morgan fingerprint density at radius 1 is 1.29 bits per heavy atom. The van der Waals surface area contributed by atoms with Crippen LogP contribution in [0.3, 0.4) is 0 Å². The molecule has 7 nitrogen and oxygen atoms in total. The van der Waals surface area contributed by atoms with Gasteiger partial charge in [0.2, 0.25) is 10.0 Å². The average molecular weight is 314 g/mol. The van der Waals surface area contributed by atoms with Gasteiger partial charge in [-0.2, -0.15) is 0 Å². The zero-order valence-electron chi connectivity index (χ0n) is 11.7. The summed E-state index contributed by atoms with van der Waals surface area (Å²) in [6, 6.07) is 3.55. The molecule has 0 saturated heterocycles. The molecule has 1 saturated carbocycles. The number of rotatable bonds is 5. The van der Waals surface area contributed by atoms with Gasteiger partial charge < -0.3 is 4.74 Å². The van der Waals surface area contributed by atoms with Crippen molar-refractivity contribution in [2.24, 2.45) is 0 Å². The van der Waals surface area contributed by atoms with Gasteiger partial charge in [0, 0.05) is 6.07 Å². The predicted octanol–water partition coefficient (Wildman–Crippen LogP) is 2.21. The first kappa shape index (κ1) is 15.7. The van der Waals surface area contributed by atoms with E-state index >= 15 is 0 Å². The monoisotopic (exact) mass is 314 g/mol. The number of hydrogen-bond donors (Lipinski definition) is 1. The summed E-state index contributed by atoms with van der Waals surface area (Å²) in [5.41, 5.74) is -0.184. The SMILES string of the molecule is CNS(=O)(=O)c1ccc([N+](=O)[O-])cc1OC1CCCCC1. The smallest absolute Gasteiger partial charge is 0.273 e. The van der Waals surface area contributed by atoms with Crippen molar-refractivity contribution in [3.63, 3.8) is 0 Å². The Labute approximate surface area is 123 Å². The topological polar surface area (TPSA) is 98.5 Å². The molecule has 1 aromatic rings. The molecule has 2 rings (SSSR count). The van der Waals surface area contributed by atoms with Crippen LogP contribution >= 0.6 is 0 Å². The van der Waals surface area contributed by atoms with E-state index in [1.165, 1.54) is 19.2 Å². The fourth-order valence-corrected chi connectivity index (χ4v) is 3.24. The first-order chi connectivity index (χ1) is 9.94. The largest absolute Gasteiger partial charge is 0.489 e. The second-order valence-electron chi connectivity index (χ2n) is 4.97. The molecular weight excluding hydrogens is 296 g/mol. The molecule has 0 aromatic heterocycles. The Morgan fingerprint density at radius 3 is 2.52 bits per heavy atom. The molecule has 0 radical (unpaired) electrons. The third-order valence-electron chi connectivity index (χ3n) is 3.54. The van der Waals surface area contributed by atoms with Gasteiger partial charge in [0.15, 0.2) is 0 Å². The molecule has 116 valence electrons. The minimum Gasteiger partial charge on any atom is -0.489 e. The summed E-state index contributed by atoms with van der Waals surface area (Å²) in [4.78, 5) is 10.2. The minimum atomic E-state index is -3.72. The molecule has 1 aliphatic rings. The molecule has 0 aliphatic heterocycles. The van der Waals surface area contributed by atoms with Crippen LogP contribution in [0.4, 0.5) is 5.69 Å². The van der Waals surface area contributed by atoms with Crippen LogP contribution in [0.1, 0.15) is 32.1 Å². The van der Waals surface area contributed by atoms with Crippen molar-refractivity contribution in [2.45, 2.75) is 43.1 Å². The maximum Gasteiger partial charge on any atom is 0.273 e. The van der Waals surface area contributed by atoms with E-state index in [0.29, 0.717) is 0 Å². The molecule has 0 bridgehead atoms. The van der Waals surface area contributed by atoms with E-state index in [1.54, 1.807) is 0 Å². The van der Waals surface area contributed by atoms with Crippen LogP contribution in [0.25, 0.3) is 0 Å². The van der Waals surface area contributed by atoms with Gasteiger partial charge in [0.25, 0.3) is 5.69 Å². The molecular formula is C13H18N2O5S. The number of nitrogens with one attached hydrogen (secondary N) is 1. The van der Waals surface area contributed by atoms with Crippen LogP contribution in [-0.2, 0) is 10.0 Å². The third kappa shape index (κ3) is 3.70. The van der Waals surface area contributed by atoms with Crippen molar-refractivity contribution in [2.75, 3.05) is 7.05 Å². The van der Waals surface area contributed by atoms with E-state index < -0.39 is 14.9 Å². The van der Waals surface area contributed by atoms with E-state index in [4.69, 9.17) is 4.74 Å². The van der Waals surface area contributed by atoms with Gasteiger partial charge in [0.05, 0.1) is 17.1 Å². The van der Waals surface area contributed by atoms with Crippen molar-refractivity contribution in [3.05, 3.63) is 28.3 Å². The van der Waals surface area contributed by atoms with Crippen LogP contribution in [0.2, 0.25) is 0 Å². The van der Waals surface area contributed by atoms with Crippen LogP contribution < -0.4 is 9.46 Å². The zero-order chi connectivity index (χ0) is 15.5. The first-order valence-corrected chi connectivity index (χ1v) is 8.31. The highest BCUT2D eigenvalue weighted by Crippen LogP contribution is 2.31. The van der Waals surface area contributed by atoms with E-state index in [9.17, 15) is 18.5 Å².